The summed E-state index contributed by atoms with van der Waals surface area (Å²) in [5.74, 6) is -0.351. The van der Waals surface area contributed by atoms with Crippen LogP contribution in [0.25, 0.3) is 10.8 Å². The lowest BCUT2D eigenvalue weighted by Crippen LogP contribution is -2.40. The first-order valence-electron chi connectivity index (χ1n) is 7.89. The zero-order valence-corrected chi connectivity index (χ0v) is 13.3. The number of rotatable bonds is 7. The van der Waals surface area contributed by atoms with Crippen LogP contribution in [-0.2, 0) is 9.59 Å². The molecule has 122 valence electrons. The van der Waals surface area contributed by atoms with E-state index < -0.39 is 0 Å². The molecule has 0 spiro atoms. The number of amides is 2. The number of hydrogen-bond donors (Lipinski definition) is 3. The maximum atomic E-state index is 12.0. The fraction of sp³-hybridized carbons (Fsp3) is 0.333. The molecular weight excluding hydrogens is 290 g/mol. The molecule has 2 amide bonds. The van der Waals surface area contributed by atoms with Crippen LogP contribution < -0.4 is 16.4 Å². The molecule has 0 saturated heterocycles. The predicted octanol–water partition coefficient (Wildman–Crippen LogP) is 1.87. The molecule has 0 radical (unpaired) electrons. The molecule has 0 aromatic heterocycles. The van der Waals surface area contributed by atoms with E-state index in [1.807, 2.05) is 49.4 Å². The SMILES string of the molecule is CCCC(=O)NCC(=O)NC(CN)c1ccc2ccccc2c1. The average Bonchev–Trinajstić information content (AvgIpc) is 2.57. The summed E-state index contributed by atoms with van der Waals surface area (Å²) >= 11 is 0. The van der Waals surface area contributed by atoms with E-state index in [1.54, 1.807) is 0 Å². The number of hydrogen-bond acceptors (Lipinski definition) is 3. The Kier molecular flexibility index (Phi) is 6.11. The molecule has 0 aliphatic carbocycles. The van der Waals surface area contributed by atoms with Gasteiger partial charge in [0.1, 0.15) is 0 Å². The van der Waals surface area contributed by atoms with Gasteiger partial charge in [-0.3, -0.25) is 9.59 Å². The summed E-state index contributed by atoms with van der Waals surface area (Å²) in [7, 11) is 0. The molecule has 0 aliphatic heterocycles. The highest BCUT2D eigenvalue weighted by Crippen LogP contribution is 2.19. The van der Waals surface area contributed by atoms with E-state index in [9.17, 15) is 9.59 Å². The van der Waals surface area contributed by atoms with Crippen LogP contribution in [0.4, 0.5) is 0 Å². The lowest BCUT2D eigenvalue weighted by molar-refractivity contribution is -0.126. The third-order valence-corrected chi connectivity index (χ3v) is 3.67. The van der Waals surface area contributed by atoms with Crippen LogP contribution in [0.1, 0.15) is 31.4 Å². The van der Waals surface area contributed by atoms with Crippen molar-refractivity contribution in [1.29, 1.82) is 0 Å². The summed E-state index contributed by atoms with van der Waals surface area (Å²) < 4.78 is 0. The normalized spacial score (nSPS) is 11.9. The fourth-order valence-corrected chi connectivity index (χ4v) is 2.44. The van der Waals surface area contributed by atoms with Crippen LogP contribution in [0.15, 0.2) is 42.5 Å². The van der Waals surface area contributed by atoms with E-state index in [0.29, 0.717) is 13.0 Å². The first kappa shape index (κ1) is 17.0. The maximum Gasteiger partial charge on any atom is 0.239 e. The number of fused-ring (bicyclic) bond motifs is 1. The number of carbonyl (C=O) groups is 2. The predicted molar refractivity (Wildman–Crippen MR) is 91.8 cm³/mol. The van der Waals surface area contributed by atoms with E-state index in [1.165, 1.54) is 0 Å². The summed E-state index contributed by atoms with van der Waals surface area (Å²) in [6.45, 7) is 2.19. The molecule has 2 rings (SSSR count). The molecule has 0 saturated carbocycles. The van der Waals surface area contributed by atoms with Crippen LogP contribution in [0.5, 0.6) is 0 Å². The first-order valence-corrected chi connectivity index (χ1v) is 7.89. The van der Waals surface area contributed by atoms with Gasteiger partial charge in [-0.25, -0.2) is 0 Å². The lowest BCUT2D eigenvalue weighted by atomic mass is 10.0. The van der Waals surface area contributed by atoms with Crippen molar-refractivity contribution in [1.82, 2.24) is 10.6 Å². The Morgan fingerprint density at radius 2 is 1.83 bits per heavy atom. The van der Waals surface area contributed by atoms with Crippen LogP contribution >= 0.6 is 0 Å². The van der Waals surface area contributed by atoms with E-state index in [4.69, 9.17) is 5.73 Å². The Morgan fingerprint density at radius 3 is 2.52 bits per heavy atom. The summed E-state index contributed by atoms with van der Waals surface area (Å²) in [5.41, 5.74) is 6.76. The van der Waals surface area contributed by atoms with Gasteiger partial charge in [-0.05, 0) is 28.8 Å². The van der Waals surface area contributed by atoms with Crippen LogP contribution in [-0.4, -0.2) is 24.9 Å². The number of carbonyl (C=O) groups excluding carboxylic acids is 2. The quantitative estimate of drug-likeness (QED) is 0.729. The van der Waals surface area contributed by atoms with Gasteiger partial charge in [-0.1, -0.05) is 43.3 Å². The highest BCUT2D eigenvalue weighted by Gasteiger charge is 2.14. The third kappa shape index (κ3) is 4.79. The number of nitrogens with two attached hydrogens (primary N) is 1. The largest absolute Gasteiger partial charge is 0.347 e. The van der Waals surface area contributed by atoms with Crippen molar-refractivity contribution in [2.75, 3.05) is 13.1 Å². The monoisotopic (exact) mass is 313 g/mol. The molecule has 23 heavy (non-hydrogen) atoms. The summed E-state index contributed by atoms with van der Waals surface area (Å²) in [5, 5.41) is 7.72. The maximum absolute atomic E-state index is 12.0. The van der Waals surface area contributed by atoms with Crippen LogP contribution in [0.3, 0.4) is 0 Å². The fourth-order valence-electron chi connectivity index (χ4n) is 2.44. The zero-order chi connectivity index (χ0) is 16.7. The Bertz CT molecular complexity index is 685. The van der Waals surface area contributed by atoms with Gasteiger partial charge in [0.05, 0.1) is 12.6 Å². The van der Waals surface area contributed by atoms with Crippen molar-refractivity contribution in [3.05, 3.63) is 48.0 Å². The average molecular weight is 313 g/mol. The van der Waals surface area contributed by atoms with Gasteiger partial charge in [0.25, 0.3) is 0 Å². The minimum atomic E-state index is -0.268. The smallest absolute Gasteiger partial charge is 0.239 e. The third-order valence-electron chi connectivity index (χ3n) is 3.67. The van der Waals surface area contributed by atoms with Crippen molar-refractivity contribution in [2.45, 2.75) is 25.8 Å². The second-order valence-corrected chi connectivity index (χ2v) is 5.49. The molecule has 2 aromatic rings. The molecule has 0 aliphatic rings. The van der Waals surface area contributed by atoms with E-state index in [2.05, 4.69) is 10.6 Å². The molecule has 5 heteroatoms. The molecule has 4 N–H and O–H groups in total. The molecular formula is C18H23N3O2. The zero-order valence-electron chi connectivity index (χ0n) is 13.3. The second-order valence-electron chi connectivity index (χ2n) is 5.49. The van der Waals surface area contributed by atoms with Crippen LogP contribution in [0, 0.1) is 0 Å². The highest BCUT2D eigenvalue weighted by molar-refractivity contribution is 5.85. The molecule has 0 heterocycles. The van der Waals surface area contributed by atoms with Crippen molar-refractivity contribution in [3.63, 3.8) is 0 Å². The summed E-state index contributed by atoms with van der Waals surface area (Å²) in [6, 6.07) is 13.8. The minimum absolute atomic E-state index is 0.0249. The van der Waals surface area contributed by atoms with Crippen molar-refractivity contribution in [3.8, 4) is 0 Å². The topological polar surface area (TPSA) is 84.2 Å². The molecule has 1 atom stereocenters. The molecule has 2 aromatic carbocycles. The molecule has 0 fully saturated rings. The Hall–Kier alpha value is -2.40. The van der Waals surface area contributed by atoms with E-state index >= 15 is 0 Å². The Balaban J connectivity index is 2.00. The standard InChI is InChI=1S/C18H23N3O2/c1-2-5-17(22)20-12-18(23)21-16(11-19)15-9-8-13-6-3-4-7-14(13)10-15/h3-4,6-10,16H,2,5,11-12,19H2,1H3,(H,20,22)(H,21,23). The minimum Gasteiger partial charge on any atom is -0.347 e. The van der Waals surface area contributed by atoms with Gasteiger partial charge in [0.2, 0.25) is 11.8 Å². The Morgan fingerprint density at radius 1 is 1.09 bits per heavy atom. The molecule has 1 unspecified atom stereocenters. The number of benzene rings is 2. The Labute approximate surface area is 136 Å². The van der Waals surface area contributed by atoms with Crippen molar-refractivity contribution >= 4 is 22.6 Å². The summed E-state index contributed by atoms with van der Waals surface area (Å²) in [6.07, 6.45) is 1.19. The molecule has 5 nitrogen and oxygen atoms in total. The van der Waals surface area contributed by atoms with Gasteiger partial charge >= 0.3 is 0 Å². The number of nitrogens with one attached hydrogen (secondary N) is 2. The van der Waals surface area contributed by atoms with Crippen molar-refractivity contribution < 1.29 is 9.59 Å². The van der Waals surface area contributed by atoms with Crippen molar-refractivity contribution in [2.24, 2.45) is 5.73 Å². The first-order chi connectivity index (χ1) is 11.1. The van der Waals surface area contributed by atoms with Crippen LogP contribution in [0.2, 0.25) is 0 Å². The van der Waals surface area contributed by atoms with Gasteiger partial charge in [0, 0.05) is 13.0 Å². The van der Waals surface area contributed by atoms with Gasteiger partial charge in [-0.2, -0.15) is 0 Å². The van der Waals surface area contributed by atoms with Gasteiger partial charge in [-0.15, -0.1) is 0 Å². The van der Waals surface area contributed by atoms with Gasteiger partial charge < -0.3 is 16.4 Å². The van der Waals surface area contributed by atoms with Gasteiger partial charge in [0.15, 0.2) is 0 Å². The second kappa shape index (κ2) is 8.29. The molecule has 0 bridgehead atoms. The lowest BCUT2D eigenvalue weighted by Gasteiger charge is -2.18. The summed E-state index contributed by atoms with van der Waals surface area (Å²) in [4.78, 5) is 23.4. The van der Waals surface area contributed by atoms with E-state index in [-0.39, 0.29) is 24.4 Å². The highest BCUT2D eigenvalue weighted by atomic mass is 16.2. The van der Waals surface area contributed by atoms with E-state index in [0.717, 1.165) is 22.8 Å².